The van der Waals surface area contributed by atoms with E-state index in [2.05, 4.69) is 5.32 Å². The minimum Gasteiger partial charge on any atom is -0.366 e. The van der Waals surface area contributed by atoms with Gasteiger partial charge in [-0.1, -0.05) is 6.07 Å². The van der Waals surface area contributed by atoms with Gasteiger partial charge in [0.2, 0.25) is 5.91 Å². The van der Waals surface area contributed by atoms with Gasteiger partial charge in [0.1, 0.15) is 12.4 Å². The normalized spacial score (nSPS) is 24.9. The van der Waals surface area contributed by atoms with Crippen LogP contribution in [0.5, 0.6) is 0 Å². The molecule has 2 atom stereocenters. The zero-order valence-electron chi connectivity index (χ0n) is 16.3. The van der Waals surface area contributed by atoms with E-state index >= 15 is 0 Å². The Morgan fingerprint density at radius 2 is 1.97 bits per heavy atom. The average molecular weight is 429 g/mol. The van der Waals surface area contributed by atoms with Crippen molar-refractivity contribution in [3.8, 4) is 0 Å². The summed E-state index contributed by atoms with van der Waals surface area (Å²) in [6.07, 6.45) is -3.03. The van der Waals surface area contributed by atoms with Crippen molar-refractivity contribution in [1.29, 1.82) is 0 Å². The van der Waals surface area contributed by atoms with Crippen molar-refractivity contribution in [3.05, 3.63) is 35.1 Å². The molecule has 0 bridgehead atoms. The number of benzene rings is 1. The van der Waals surface area contributed by atoms with Gasteiger partial charge in [-0.2, -0.15) is 13.2 Å². The topological polar surface area (TPSA) is 61.9 Å². The van der Waals surface area contributed by atoms with Gasteiger partial charge >= 0.3 is 12.2 Å². The van der Waals surface area contributed by atoms with Crippen LogP contribution in [0.4, 0.5) is 22.4 Å². The lowest BCUT2D eigenvalue weighted by molar-refractivity contribution is -0.140. The van der Waals surface area contributed by atoms with Gasteiger partial charge in [-0.05, 0) is 42.9 Å². The maximum Gasteiger partial charge on any atom is 0.416 e. The Bertz CT molecular complexity index is 826. The summed E-state index contributed by atoms with van der Waals surface area (Å²) in [4.78, 5) is 27.6. The van der Waals surface area contributed by atoms with E-state index in [0.717, 1.165) is 6.07 Å². The molecule has 0 saturated carbocycles. The first-order valence-corrected chi connectivity index (χ1v) is 10.0. The third-order valence-corrected chi connectivity index (χ3v) is 6.02. The van der Waals surface area contributed by atoms with E-state index in [1.165, 1.54) is 6.07 Å². The number of nitrogens with one attached hydrogen (secondary N) is 1. The molecule has 3 amide bonds. The first-order valence-electron chi connectivity index (χ1n) is 10.0. The molecule has 0 radical (unpaired) electrons. The molecule has 3 heterocycles. The molecule has 1 aromatic rings. The SMILES string of the molecule is O=C1CO[C@@H]2CCN(C(=O)N3CC(CCc4ccc(C(F)(F)F)cc4F)C3)C[C@H]2N1. The van der Waals surface area contributed by atoms with E-state index in [9.17, 15) is 27.2 Å². The summed E-state index contributed by atoms with van der Waals surface area (Å²) in [7, 11) is 0. The molecule has 6 nitrogen and oxygen atoms in total. The lowest BCUT2D eigenvalue weighted by atomic mass is 9.92. The number of alkyl halides is 3. The Hall–Kier alpha value is -2.36. The van der Waals surface area contributed by atoms with Crippen molar-refractivity contribution in [2.45, 2.75) is 37.6 Å². The van der Waals surface area contributed by atoms with Gasteiger partial charge in [0.25, 0.3) is 0 Å². The smallest absolute Gasteiger partial charge is 0.366 e. The predicted molar refractivity (Wildman–Crippen MR) is 98.0 cm³/mol. The standard InChI is InChI=1S/C20H23F4N3O3/c21-15-7-14(20(22,23)24)4-3-13(15)2-1-12-8-27(9-12)19(29)26-6-5-17-16(10-26)25-18(28)11-30-17/h3-4,7,12,16-17H,1-2,5-6,8-11H2,(H,25,28)/t16-,17-/m1/s1. The summed E-state index contributed by atoms with van der Waals surface area (Å²) in [5, 5.41) is 2.86. The molecule has 0 aromatic heterocycles. The zero-order chi connectivity index (χ0) is 21.5. The molecule has 30 heavy (non-hydrogen) atoms. The monoisotopic (exact) mass is 429 g/mol. The summed E-state index contributed by atoms with van der Waals surface area (Å²) < 4.78 is 57.3. The van der Waals surface area contributed by atoms with E-state index in [-0.39, 0.29) is 42.2 Å². The number of halogens is 4. The van der Waals surface area contributed by atoms with Gasteiger partial charge in [0.05, 0.1) is 17.7 Å². The summed E-state index contributed by atoms with van der Waals surface area (Å²) in [6, 6.07) is 2.33. The minimum atomic E-state index is -4.56. The maximum absolute atomic E-state index is 14.0. The molecule has 3 aliphatic rings. The molecule has 0 unspecified atom stereocenters. The first-order chi connectivity index (χ1) is 14.2. The Morgan fingerprint density at radius 3 is 2.67 bits per heavy atom. The summed E-state index contributed by atoms with van der Waals surface area (Å²) in [5.41, 5.74) is -0.740. The summed E-state index contributed by atoms with van der Waals surface area (Å²) in [6.45, 7) is 2.10. The Labute approximate surface area is 171 Å². The molecule has 1 N–H and O–H groups in total. The molecule has 0 spiro atoms. The number of hydrogen-bond acceptors (Lipinski definition) is 3. The number of rotatable bonds is 3. The lowest BCUT2D eigenvalue weighted by Crippen LogP contribution is -2.64. The van der Waals surface area contributed by atoms with Gasteiger partial charge in [0, 0.05) is 26.2 Å². The van der Waals surface area contributed by atoms with Crippen molar-refractivity contribution < 1.29 is 31.9 Å². The molecule has 164 valence electrons. The highest BCUT2D eigenvalue weighted by Crippen LogP contribution is 2.31. The van der Waals surface area contributed by atoms with Gasteiger partial charge < -0.3 is 19.9 Å². The maximum atomic E-state index is 14.0. The number of urea groups is 1. The fourth-order valence-corrected chi connectivity index (χ4v) is 4.27. The number of piperidine rings is 1. The van der Waals surface area contributed by atoms with Crippen LogP contribution in [0.3, 0.4) is 0 Å². The first kappa shape index (κ1) is 20.9. The van der Waals surface area contributed by atoms with Crippen LogP contribution in [0, 0.1) is 11.7 Å². The number of ether oxygens (including phenoxy) is 1. The van der Waals surface area contributed by atoms with Crippen molar-refractivity contribution in [2.75, 3.05) is 32.8 Å². The van der Waals surface area contributed by atoms with Gasteiger partial charge in [-0.3, -0.25) is 4.79 Å². The lowest BCUT2D eigenvalue weighted by Gasteiger charge is -2.46. The fourth-order valence-electron chi connectivity index (χ4n) is 4.27. The summed E-state index contributed by atoms with van der Waals surface area (Å²) >= 11 is 0. The van der Waals surface area contributed by atoms with E-state index in [1.54, 1.807) is 9.80 Å². The van der Waals surface area contributed by atoms with Crippen LogP contribution in [-0.4, -0.2) is 66.7 Å². The Kier molecular flexibility index (Phi) is 5.61. The van der Waals surface area contributed by atoms with Crippen LogP contribution in [-0.2, 0) is 22.1 Å². The van der Waals surface area contributed by atoms with E-state index in [0.29, 0.717) is 51.5 Å². The van der Waals surface area contributed by atoms with E-state index < -0.39 is 17.6 Å². The molecular weight excluding hydrogens is 406 g/mol. The number of likely N-dealkylation sites (tertiary alicyclic amines) is 2. The Morgan fingerprint density at radius 1 is 1.20 bits per heavy atom. The number of carbonyl (C=O) groups excluding carboxylic acids is 2. The highest BCUT2D eigenvalue weighted by Gasteiger charge is 2.40. The highest BCUT2D eigenvalue weighted by molar-refractivity contribution is 5.79. The molecule has 3 fully saturated rings. The Balaban J connectivity index is 1.23. The van der Waals surface area contributed by atoms with Crippen LogP contribution >= 0.6 is 0 Å². The second-order valence-electron chi connectivity index (χ2n) is 8.15. The highest BCUT2D eigenvalue weighted by atomic mass is 19.4. The van der Waals surface area contributed by atoms with E-state index in [4.69, 9.17) is 4.74 Å². The minimum absolute atomic E-state index is 0.0580. The van der Waals surface area contributed by atoms with Crippen LogP contribution in [0.2, 0.25) is 0 Å². The number of carbonyl (C=O) groups is 2. The molecular formula is C20H23F4N3O3. The number of aryl methyl sites for hydroxylation is 1. The van der Waals surface area contributed by atoms with Crippen molar-refractivity contribution in [1.82, 2.24) is 15.1 Å². The molecule has 4 rings (SSSR count). The van der Waals surface area contributed by atoms with Gasteiger partial charge in [-0.15, -0.1) is 0 Å². The average Bonchev–Trinajstić information content (AvgIpc) is 2.66. The zero-order valence-corrected chi connectivity index (χ0v) is 16.3. The molecule has 3 aliphatic heterocycles. The summed E-state index contributed by atoms with van der Waals surface area (Å²) in [5.74, 6) is -0.840. The van der Waals surface area contributed by atoms with Crippen molar-refractivity contribution in [2.24, 2.45) is 5.92 Å². The van der Waals surface area contributed by atoms with Crippen LogP contribution in [0.25, 0.3) is 0 Å². The van der Waals surface area contributed by atoms with Crippen LogP contribution in [0.1, 0.15) is 24.0 Å². The van der Waals surface area contributed by atoms with Crippen molar-refractivity contribution in [3.63, 3.8) is 0 Å². The quantitative estimate of drug-likeness (QED) is 0.751. The van der Waals surface area contributed by atoms with Crippen LogP contribution < -0.4 is 5.32 Å². The molecule has 3 saturated heterocycles. The predicted octanol–water partition coefficient (Wildman–Crippen LogP) is 2.42. The number of morpholine rings is 1. The number of fused-ring (bicyclic) bond motifs is 1. The largest absolute Gasteiger partial charge is 0.416 e. The number of hydrogen-bond donors (Lipinski definition) is 1. The second kappa shape index (κ2) is 8.05. The number of amides is 3. The molecule has 1 aromatic carbocycles. The van der Waals surface area contributed by atoms with Crippen molar-refractivity contribution >= 4 is 11.9 Å². The third-order valence-electron chi connectivity index (χ3n) is 6.02. The van der Waals surface area contributed by atoms with Crippen LogP contribution in [0.15, 0.2) is 18.2 Å². The fraction of sp³-hybridized carbons (Fsp3) is 0.600. The van der Waals surface area contributed by atoms with Gasteiger partial charge in [0.15, 0.2) is 0 Å². The molecule has 10 heteroatoms. The molecule has 0 aliphatic carbocycles. The van der Waals surface area contributed by atoms with E-state index in [1.807, 2.05) is 0 Å². The second-order valence-corrected chi connectivity index (χ2v) is 8.15. The third kappa shape index (κ3) is 4.38. The van der Waals surface area contributed by atoms with Gasteiger partial charge in [-0.25, -0.2) is 9.18 Å². The number of nitrogens with zero attached hydrogens (tertiary/aromatic N) is 2.